The van der Waals surface area contributed by atoms with E-state index in [9.17, 15) is 19.2 Å². The maximum atomic E-state index is 11.9. The second kappa shape index (κ2) is 14.8. The van der Waals surface area contributed by atoms with Crippen molar-refractivity contribution in [3.63, 3.8) is 0 Å². The summed E-state index contributed by atoms with van der Waals surface area (Å²) in [5, 5.41) is -1.39. The van der Waals surface area contributed by atoms with Crippen LogP contribution in [-0.4, -0.2) is 66.6 Å². The Morgan fingerprint density at radius 3 is 1.48 bits per heavy atom. The minimum atomic E-state index is -1.27. The molecule has 2 atom stereocenters. The van der Waals surface area contributed by atoms with Crippen molar-refractivity contribution in [1.82, 2.24) is 0 Å². The second-order valence-electron chi connectivity index (χ2n) is 6.61. The van der Waals surface area contributed by atoms with Gasteiger partial charge in [-0.2, -0.15) is 37.9 Å². The van der Waals surface area contributed by atoms with Crippen LogP contribution in [0.3, 0.4) is 0 Å². The number of carbonyl (C=O) groups is 4. The van der Waals surface area contributed by atoms with Crippen molar-refractivity contribution in [2.24, 2.45) is 5.41 Å². The van der Waals surface area contributed by atoms with Gasteiger partial charge in [0.15, 0.2) is 0 Å². The fourth-order valence-corrected chi connectivity index (χ4v) is 2.18. The van der Waals surface area contributed by atoms with Crippen molar-refractivity contribution in [3.05, 3.63) is 0 Å². The maximum absolute atomic E-state index is 11.9. The summed E-state index contributed by atoms with van der Waals surface area (Å²) in [6, 6.07) is 0. The average Bonchev–Trinajstić information content (AvgIpc) is 2.66. The van der Waals surface area contributed by atoms with E-state index in [0.29, 0.717) is 6.42 Å². The molecule has 0 aromatic rings. The first-order valence-electron chi connectivity index (χ1n) is 9.18. The molecule has 0 aliphatic carbocycles. The number of rotatable bonds is 14. The number of ether oxygens (including phenoxy) is 4. The summed E-state index contributed by atoms with van der Waals surface area (Å²) in [4.78, 5) is 47.4. The first-order valence-corrected chi connectivity index (χ1v) is 10.8. The standard InChI is InChI=1S/C18H30O8S3/c1-4-5-14(19)23-8-18(9-24-15(20)6-7-27,10-25-16(21)12(2)28)11-26-17(22)13(3)29/h12-13,27-29H,4-11H2,1-3H3. The molecule has 0 amide bonds. The average molecular weight is 471 g/mol. The van der Waals surface area contributed by atoms with Crippen LogP contribution in [0.15, 0.2) is 0 Å². The highest BCUT2D eigenvalue weighted by Gasteiger charge is 2.38. The lowest BCUT2D eigenvalue weighted by atomic mass is 9.92. The fraction of sp³-hybridized carbons (Fsp3) is 0.778. The molecule has 0 heterocycles. The van der Waals surface area contributed by atoms with Crippen LogP contribution in [0.5, 0.6) is 0 Å². The molecule has 168 valence electrons. The molecule has 0 spiro atoms. The van der Waals surface area contributed by atoms with E-state index < -0.39 is 39.8 Å². The fourth-order valence-electron chi connectivity index (χ4n) is 1.85. The molecular formula is C18H30O8S3. The molecule has 0 saturated carbocycles. The molecule has 0 aromatic carbocycles. The molecule has 29 heavy (non-hydrogen) atoms. The van der Waals surface area contributed by atoms with Crippen LogP contribution >= 0.6 is 37.9 Å². The smallest absolute Gasteiger partial charge is 0.318 e. The summed E-state index contributed by atoms with van der Waals surface area (Å²) < 4.78 is 20.9. The van der Waals surface area contributed by atoms with Crippen LogP contribution in [0.4, 0.5) is 0 Å². The summed E-state index contributed by atoms with van der Waals surface area (Å²) in [7, 11) is 0. The number of carbonyl (C=O) groups excluding carboxylic acids is 4. The molecule has 2 unspecified atom stereocenters. The topological polar surface area (TPSA) is 105 Å². The molecule has 0 radical (unpaired) electrons. The van der Waals surface area contributed by atoms with Crippen molar-refractivity contribution in [3.8, 4) is 0 Å². The summed E-state index contributed by atoms with van der Waals surface area (Å²) >= 11 is 12.0. The van der Waals surface area contributed by atoms with E-state index in [4.69, 9.17) is 18.9 Å². The first kappa shape index (κ1) is 27.9. The predicted octanol–water partition coefficient (Wildman–Crippen LogP) is 1.90. The molecule has 0 aliphatic heterocycles. The summed E-state index contributed by atoms with van der Waals surface area (Å²) in [5.74, 6) is -1.95. The van der Waals surface area contributed by atoms with E-state index in [1.165, 1.54) is 13.8 Å². The van der Waals surface area contributed by atoms with Crippen LogP contribution in [0.1, 0.15) is 40.0 Å². The predicted molar refractivity (Wildman–Crippen MR) is 117 cm³/mol. The highest BCUT2D eigenvalue weighted by molar-refractivity contribution is 7.82. The number of hydrogen-bond acceptors (Lipinski definition) is 11. The zero-order chi connectivity index (χ0) is 22.4. The van der Waals surface area contributed by atoms with Crippen LogP contribution in [0.25, 0.3) is 0 Å². The van der Waals surface area contributed by atoms with Gasteiger partial charge in [-0.05, 0) is 20.3 Å². The molecule has 0 aromatic heterocycles. The van der Waals surface area contributed by atoms with Crippen molar-refractivity contribution >= 4 is 61.8 Å². The largest absolute Gasteiger partial charge is 0.465 e. The maximum Gasteiger partial charge on any atom is 0.318 e. The van der Waals surface area contributed by atoms with Gasteiger partial charge in [0, 0.05) is 12.2 Å². The summed E-state index contributed by atoms with van der Waals surface area (Å²) in [6.45, 7) is 3.70. The van der Waals surface area contributed by atoms with Gasteiger partial charge >= 0.3 is 23.9 Å². The van der Waals surface area contributed by atoms with Crippen molar-refractivity contribution in [2.45, 2.75) is 50.5 Å². The SMILES string of the molecule is CCCC(=O)OCC(COC(=O)CCS)(COC(=O)C(C)S)COC(=O)C(C)S. The third kappa shape index (κ3) is 12.3. The van der Waals surface area contributed by atoms with Crippen LogP contribution in [-0.2, 0) is 38.1 Å². The van der Waals surface area contributed by atoms with E-state index in [-0.39, 0.29) is 45.0 Å². The van der Waals surface area contributed by atoms with Crippen LogP contribution < -0.4 is 0 Å². The molecule has 0 bridgehead atoms. The van der Waals surface area contributed by atoms with Crippen molar-refractivity contribution in [2.75, 3.05) is 32.2 Å². The third-order valence-corrected chi connectivity index (χ3v) is 4.22. The van der Waals surface area contributed by atoms with Gasteiger partial charge in [-0.25, -0.2) is 0 Å². The Balaban J connectivity index is 5.47. The Labute approximate surface area is 188 Å². The monoisotopic (exact) mass is 470 g/mol. The Kier molecular flexibility index (Phi) is 14.3. The lowest BCUT2D eigenvalue weighted by Crippen LogP contribution is -2.44. The van der Waals surface area contributed by atoms with Gasteiger partial charge in [0.05, 0.1) is 16.9 Å². The second-order valence-corrected chi connectivity index (χ2v) is 8.61. The van der Waals surface area contributed by atoms with Gasteiger partial charge in [0.25, 0.3) is 0 Å². The Bertz CT molecular complexity index is 503. The summed E-state index contributed by atoms with van der Waals surface area (Å²) in [5.41, 5.74) is -1.27. The Morgan fingerprint density at radius 1 is 0.759 bits per heavy atom. The van der Waals surface area contributed by atoms with Gasteiger partial charge in [-0.1, -0.05) is 6.92 Å². The van der Waals surface area contributed by atoms with Gasteiger partial charge in [0.2, 0.25) is 0 Å². The van der Waals surface area contributed by atoms with Crippen LogP contribution in [0.2, 0.25) is 0 Å². The lowest BCUT2D eigenvalue weighted by molar-refractivity contribution is -0.170. The van der Waals surface area contributed by atoms with Crippen molar-refractivity contribution in [1.29, 1.82) is 0 Å². The molecule has 11 heteroatoms. The quantitative estimate of drug-likeness (QED) is 0.201. The highest BCUT2D eigenvalue weighted by atomic mass is 32.1. The lowest BCUT2D eigenvalue weighted by Gasteiger charge is -2.32. The number of thiol groups is 3. The molecule has 0 saturated heterocycles. The zero-order valence-electron chi connectivity index (χ0n) is 16.9. The van der Waals surface area contributed by atoms with E-state index in [1.807, 2.05) is 6.92 Å². The Hall–Kier alpha value is -1.07. The van der Waals surface area contributed by atoms with E-state index in [1.54, 1.807) is 0 Å². The van der Waals surface area contributed by atoms with Gasteiger partial charge in [-0.15, -0.1) is 0 Å². The zero-order valence-corrected chi connectivity index (χ0v) is 19.6. The van der Waals surface area contributed by atoms with Crippen molar-refractivity contribution < 1.29 is 38.1 Å². The molecular weight excluding hydrogens is 440 g/mol. The van der Waals surface area contributed by atoms with Gasteiger partial charge < -0.3 is 18.9 Å². The summed E-state index contributed by atoms with van der Waals surface area (Å²) in [6.07, 6.45) is 0.841. The normalized spacial score (nSPS) is 14.8. The molecule has 0 fully saturated rings. The number of esters is 4. The van der Waals surface area contributed by atoms with E-state index in [0.717, 1.165) is 0 Å². The molecule has 0 aliphatic rings. The first-order chi connectivity index (χ1) is 13.6. The molecule has 8 nitrogen and oxygen atoms in total. The molecule has 0 N–H and O–H groups in total. The minimum absolute atomic E-state index is 0.0652. The van der Waals surface area contributed by atoms with E-state index >= 15 is 0 Å². The van der Waals surface area contributed by atoms with Gasteiger partial charge in [0.1, 0.15) is 31.8 Å². The minimum Gasteiger partial charge on any atom is -0.465 e. The Morgan fingerprint density at radius 2 is 1.14 bits per heavy atom. The molecule has 0 rings (SSSR count). The van der Waals surface area contributed by atoms with Crippen LogP contribution in [0, 0.1) is 5.41 Å². The highest BCUT2D eigenvalue weighted by Crippen LogP contribution is 2.23. The third-order valence-electron chi connectivity index (χ3n) is 3.57. The van der Waals surface area contributed by atoms with Gasteiger partial charge in [-0.3, -0.25) is 19.2 Å². The van der Waals surface area contributed by atoms with E-state index in [2.05, 4.69) is 37.9 Å². The number of hydrogen-bond donors (Lipinski definition) is 3.